The number of hydrogen-bond acceptors (Lipinski definition) is 11. The van der Waals surface area contributed by atoms with E-state index in [4.69, 9.17) is 17.0 Å². The molecule has 3 heterocycles. The Morgan fingerprint density at radius 3 is 2.29 bits per heavy atom. The number of nitrogens with zero attached hydrogens (tertiary/aromatic N) is 3. The van der Waals surface area contributed by atoms with Gasteiger partial charge in [-0.1, -0.05) is 35.7 Å². The number of fused-ring (bicyclic) bond motifs is 1. The normalized spacial score (nSPS) is 19.6. The molecule has 41 heavy (non-hydrogen) atoms. The fourth-order valence-corrected chi connectivity index (χ4v) is 8.09. The number of thiazole rings is 1. The summed E-state index contributed by atoms with van der Waals surface area (Å²) in [5.74, 6) is -3.81. The first-order valence-electron chi connectivity index (χ1n) is 12.0. The first-order valence-corrected chi connectivity index (χ1v) is 14.9. The van der Waals surface area contributed by atoms with Gasteiger partial charge < -0.3 is 25.0 Å². The number of aromatic nitrogens is 1. The Hall–Kier alpha value is -3.60. The van der Waals surface area contributed by atoms with E-state index in [1.807, 2.05) is 6.07 Å². The van der Waals surface area contributed by atoms with Crippen molar-refractivity contribution in [2.45, 2.75) is 24.3 Å². The molecule has 1 amide bonds. The van der Waals surface area contributed by atoms with Crippen molar-refractivity contribution in [3.8, 4) is 5.75 Å². The molecule has 0 radical (unpaired) electrons. The smallest absolute Gasteiger partial charge is 0.323 e. The summed E-state index contributed by atoms with van der Waals surface area (Å²) in [5.41, 5.74) is 0.648. The molecular weight excluding hydrogens is 615 g/mol. The molecule has 12 nitrogen and oxygen atoms in total. The third-order valence-corrected chi connectivity index (χ3v) is 10.2. The van der Waals surface area contributed by atoms with Crippen LogP contribution in [0.1, 0.15) is 12.8 Å². The maximum absolute atomic E-state index is 13.7. The van der Waals surface area contributed by atoms with E-state index in [1.165, 1.54) is 18.9 Å². The van der Waals surface area contributed by atoms with Crippen molar-refractivity contribution >= 4 is 91.4 Å². The van der Waals surface area contributed by atoms with Gasteiger partial charge in [-0.3, -0.25) is 33.4 Å². The number of carbonyl (C=O) groups excluding carboxylic acids is 1. The first-order chi connectivity index (χ1) is 19.5. The van der Waals surface area contributed by atoms with Crippen molar-refractivity contribution in [1.29, 1.82) is 0 Å². The lowest BCUT2D eigenvalue weighted by molar-refractivity contribution is -0.140. The van der Waals surface area contributed by atoms with Crippen LogP contribution in [0.4, 0.5) is 5.69 Å². The third kappa shape index (κ3) is 5.77. The average molecular weight is 636 g/mol. The van der Waals surface area contributed by atoms with Gasteiger partial charge >= 0.3 is 17.9 Å². The van der Waals surface area contributed by atoms with Crippen LogP contribution in [0.2, 0.25) is 0 Å². The minimum Gasteiger partial charge on any atom is -0.497 e. The number of aliphatic carboxylic acids is 3. The fourth-order valence-electron chi connectivity index (χ4n) is 4.35. The molecule has 214 valence electrons. The van der Waals surface area contributed by atoms with Gasteiger partial charge in [-0.2, -0.15) is 0 Å². The maximum Gasteiger partial charge on any atom is 0.323 e. The molecule has 2 fully saturated rings. The van der Waals surface area contributed by atoms with Crippen molar-refractivity contribution in [2.75, 3.05) is 25.1 Å². The Balaban J connectivity index is 1.72. The van der Waals surface area contributed by atoms with Crippen LogP contribution in [0.25, 0.3) is 10.5 Å². The zero-order valence-electron chi connectivity index (χ0n) is 21.2. The number of allylic oxidation sites excluding steroid dienone is 1. The summed E-state index contributed by atoms with van der Waals surface area (Å²) < 4.78 is 6.59. The number of carbonyl (C=O) groups is 4. The van der Waals surface area contributed by atoms with Gasteiger partial charge in [-0.05, 0) is 42.5 Å². The van der Waals surface area contributed by atoms with Crippen LogP contribution in [-0.2, 0) is 25.7 Å². The topological polar surface area (TPSA) is 167 Å². The molecule has 3 aliphatic rings. The highest BCUT2D eigenvalue weighted by Gasteiger charge is 2.36. The molecule has 0 spiro atoms. The van der Waals surface area contributed by atoms with Crippen molar-refractivity contribution in [3.05, 3.63) is 48.9 Å². The van der Waals surface area contributed by atoms with Gasteiger partial charge in [-0.25, -0.2) is 0 Å². The lowest BCUT2D eigenvalue weighted by Gasteiger charge is -2.18. The number of carboxylic acid groups (broad SMARTS) is 3. The second-order valence-corrected chi connectivity index (χ2v) is 12.8. The summed E-state index contributed by atoms with van der Waals surface area (Å²) in [5, 5.41) is 28.9. The van der Waals surface area contributed by atoms with E-state index in [2.05, 4.69) is 0 Å². The summed E-state index contributed by atoms with van der Waals surface area (Å²) >= 11 is 8.29. The van der Waals surface area contributed by atoms with Gasteiger partial charge in [0.1, 0.15) is 39.3 Å². The lowest BCUT2D eigenvalue weighted by Crippen LogP contribution is -2.37. The SMILES string of the molecule is COc1ccc2c(c1)N(CC(=O)O)C(=CC(=c1sc(=C3SC(=S)N(CC(=O)O)C3=O)n(CC(=O)O)c1=O)C1CC1)S2. The van der Waals surface area contributed by atoms with E-state index >= 15 is 0 Å². The minimum absolute atomic E-state index is 0.00921. The molecule has 0 unspecified atom stereocenters. The highest BCUT2D eigenvalue weighted by molar-refractivity contribution is 8.30. The molecule has 2 aliphatic heterocycles. The quantitative estimate of drug-likeness (QED) is 0.336. The first kappa shape index (κ1) is 28.9. The van der Waals surface area contributed by atoms with Gasteiger partial charge in [0.05, 0.1) is 22.4 Å². The molecule has 5 rings (SSSR count). The zero-order chi connectivity index (χ0) is 29.6. The van der Waals surface area contributed by atoms with Gasteiger partial charge in [0.25, 0.3) is 11.5 Å². The van der Waals surface area contributed by atoms with Crippen LogP contribution < -0.4 is 24.4 Å². The van der Waals surface area contributed by atoms with Crippen LogP contribution in [0.3, 0.4) is 0 Å². The fraction of sp³-hybridized carbons (Fsp3) is 0.280. The molecule has 16 heteroatoms. The highest BCUT2D eigenvalue weighted by Crippen LogP contribution is 2.49. The molecular formula is C25H21N3O9S4. The van der Waals surface area contributed by atoms with Crippen molar-refractivity contribution in [3.63, 3.8) is 0 Å². The maximum atomic E-state index is 13.7. The molecule has 3 N–H and O–H groups in total. The van der Waals surface area contributed by atoms with Crippen LogP contribution in [0.5, 0.6) is 5.75 Å². The number of carboxylic acids is 3. The molecule has 2 aromatic rings. The summed E-state index contributed by atoms with van der Waals surface area (Å²) in [6.07, 6.45) is 3.31. The molecule has 1 saturated heterocycles. The van der Waals surface area contributed by atoms with Crippen molar-refractivity contribution in [2.24, 2.45) is 5.92 Å². The van der Waals surface area contributed by atoms with E-state index in [-0.39, 0.29) is 30.9 Å². The highest BCUT2D eigenvalue weighted by atomic mass is 32.2. The summed E-state index contributed by atoms with van der Waals surface area (Å²) in [4.78, 5) is 64.8. The zero-order valence-corrected chi connectivity index (χ0v) is 24.5. The summed E-state index contributed by atoms with van der Waals surface area (Å²) in [6, 6.07) is 5.32. The van der Waals surface area contributed by atoms with Crippen molar-refractivity contribution < 1.29 is 39.2 Å². The number of hydrogen-bond donors (Lipinski definition) is 3. The number of anilines is 1. The van der Waals surface area contributed by atoms with Gasteiger partial charge in [0.15, 0.2) is 0 Å². The number of amides is 1. The summed E-state index contributed by atoms with van der Waals surface area (Å²) in [7, 11) is 1.51. The van der Waals surface area contributed by atoms with E-state index in [0.29, 0.717) is 22.0 Å². The number of methoxy groups -OCH3 is 1. The number of benzene rings is 1. The minimum atomic E-state index is -1.30. The van der Waals surface area contributed by atoms with Crippen LogP contribution in [0, 0.1) is 5.92 Å². The monoisotopic (exact) mass is 635 g/mol. The Labute approximate surface area is 249 Å². The van der Waals surface area contributed by atoms with E-state index in [9.17, 15) is 39.3 Å². The lowest BCUT2D eigenvalue weighted by atomic mass is 10.1. The molecule has 0 atom stereocenters. The second kappa shape index (κ2) is 11.3. The number of ether oxygens (including phenoxy) is 1. The Bertz CT molecular complexity index is 1740. The van der Waals surface area contributed by atoms with Crippen molar-refractivity contribution in [1.82, 2.24) is 9.47 Å². The van der Waals surface area contributed by atoms with Gasteiger partial charge in [-0.15, -0.1) is 11.3 Å². The molecule has 1 aliphatic carbocycles. The molecule has 0 bridgehead atoms. The Kier molecular flexibility index (Phi) is 8.00. The summed E-state index contributed by atoms with van der Waals surface area (Å²) in [6.45, 7) is -1.72. The average Bonchev–Trinajstić information content (AvgIpc) is 3.57. The predicted molar refractivity (Wildman–Crippen MR) is 156 cm³/mol. The van der Waals surface area contributed by atoms with Crippen LogP contribution in [-0.4, -0.2) is 73.1 Å². The molecule has 1 saturated carbocycles. The third-order valence-electron chi connectivity index (χ3n) is 6.30. The van der Waals surface area contributed by atoms with E-state index < -0.39 is 42.5 Å². The van der Waals surface area contributed by atoms with E-state index in [0.717, 1.165) is 50.3 Å². The van der Waals surface area contributed by atoms with Crippen LogP contribution in [0.15, 0.2) is 39.0 Å². The number of thioether (sulfide) groups is 2. The standard InChI is InChI=1S/C25H21N3O9S4/c1-37-12-4-5-15-14(6-12)26(8-17(29)30)16(39-15)7-13(11-2-3-11)20-22(35)27(9-18(31)32)24(40-20)21-23(36)28(10-19(33)34)25(38)41-21/h4-7,11H,2-3,8-10H2,1H3,(H,29,30)(H,31,32)(H,33,34). The number of thiocarbonyl (C=S) groups is 1. The number of rotatable bonds is 9. The van der Waals surface area contributed by atoms with Gasteiger partial charge in [0.2, 0.25) is 0 Å². The molecule has 1 aromatic heterocycles. The van der Waals surface area contributed by atoms with E-state index in [1.54, 1.807) is 23.1 Å². The Morgan fingerprint density at radius 2 is 1.68 bits per heavy atom. The van der Waals surface area contributed by atoms with Crippen LogP contribution >= 0.6 is 47.1 Å². The predicted octanol–water partition coefficient (Wildman–Crippen LogP) is 1.16. The second-order valence-electron chi connectivity index (χ2n) is 9.13. The molecule has 1 aromatic carbocycles. The van der Waals surface area contributed by atoms with Gasteiger partial charge in [0, 0.05) is 11.0 Å². The largest absolute Gasteiger partial charge is 0.497 e. The Morgan fingerprint density at radius 1 is 1.02 bits per heavy atom.